The Kier molecular flexibility index (Phi) is 7.27. The number of thioether (sulfide) groups is 2. The lowest BCUT2D eigenvalue weighted by atomic mass is 10.0. The molecule has 0 unspecified atom stereocenters. The maximum absolute atomic E-state index is 12.2. The highest BCUT2D eigenvalue weighted by atomic mass is 32.2. The first-order valence-corrected chi connectivity index (χ1v) is 13.5. The summed E-state index contributed by atoms with van der Waals surface area (Å²) in [5.74, 6) is 0.822. The number of hydrogen-bond acceptors (Lipinski definition) is 8. The lowest BCUT2D eigenvalue weighted by Crippen LogP contribution is -2.19. The van der Waals surface area contributed by atoms with Crippen LogP contribution in [-0.2, 0) is 10.5 Å². The highest BCUT2D eigenvalue weighted by Gasteiger charge is 2.10. The smallest absolute Gasteiger partial charge is 0.250 e. The van der Waals surface area contributed by atoms with Crippen molar-refractivity contribution in [2.45, 2.75) is 14.4 Å². The zero-order valence-corrected chi connectivity index (χ0v) is 20.9. The molecule has 1 amide bonds. The minimum Gasteiger partial charge on any atom is -0.507 e. The molecule has 2 N–H and O–H groups in total. The minimum atomic E-state index is -0.258. The number of benzene rings is 4. The number of hydrazone groups is 1. The molecule has 0 aliphatic rings. The van der Waals surface area contributed by atoms with Crippen LogP contribution in [-0.4, -0.2) is 33.2 Å². The van der Waals surface area contributed by atoms with Crippen molar-refractivity contribution < 1.29 is 9.90 Å². The molecule has 0 saturated carbocycles. The van der Waals surface area contributed by atoms with Gasteiger partial charge < -0.3 is 5.11 Å². The second-order valence-electron chi connectivity index (χ2n) is 7.56. The molecule has 0 atom stereocenters. The SMILES string of the molecule is O=C(CSc1nnc(SCc2cccc3ccccc23)s1)N/N=C\c1c(O)ccc2ccccc12. The predicted molar refractivity (Wildman–Crippen MR) is 145 cm³/mol. The molecule has 5 aromatic rings. The van der Waals surface area contributed by atoms with E-state index < -0.39 is 0 Å². The predicted octanol–water partition coefficient (Wildman–Crippen LogP) is 6.08. The molecule has 0 radical (unpaired) electrons. The summed E-state index contributed by atoms with van der Waals surface area (Å²) in [5.41, 5.74) is 4.33. The molecular weight excluding hydrogens is 497 g/mol. The van der Waals surface area contributed by atoms with Crippen molar-refractivity contribution in [2.75, 3.05) is 5.75 Å². The quantitative estimate of drug-likeness (QED) is 0.148. The fourth-order valence-corrected chi connectivity index (χ4v) is 6.44. The average Bonchev–Trinajstić information content (AvgIpc) is 3.35. The topological polar surface area (TPSA) is 87.5 Å². The second-order valence-corrected chi connectivity index (χ2v) is 11.0. The first-order chi connectivity index (χ1) is 17.2. The molecule has 0 aliphatic heterocycles. The van der Waals surface area contributed by atoms with Crippen LogP contribution in [0.25, 0.3) is 21.5 Å². The number of fused-ring (bicyclic) bond motifs is 2. The van der Waals surface area contributed by atoms with Gasteiger partial charge in [-0.2, -0.15) is 5.10 Å². The number of phenolic OH excluding ortho intramolecular Hbond substituents is 1. The van der Waals surface area contributed by atoms with Crippen LogP contribution in [0.15, 0.2) is 92.6 Å². The highest BCUT2D eigenvalue weighted by molar-refractivity contribution is 8.03. The highest BCUT2D eigenvalue weighted by Crippen LogP contribution is 2.32. The maximum Gasteiger partial charge on any atom is 0.250 e. The number of hydrogen-bond donors (Lipinski definition) is 2. The van der Waals surface area contributed by atoms with E-state index in [2.05, 4.69) is 57.1 Å². The summed E-state index contributed by atoms with van der Waals surface area (Å²) in [4.78, 5) is 12.2. The normalized spacial score (nSPS) is 11.4. The fourth-order valence-electron chi connectivity index (χ4n) is 3.62. The average molecular weight is 517 g/mol. The third-order valence-corrected chi connectivity index (χ3v) is 8.52. The van der Waals surface area contributed by atoms with Crippen molar-refractivity contribution >= 4 is 68.5 Å². The maximum atomic E-state index is 12.2. The molecule has 0 spiro atoms. The molecule has 6 nitrogen and oxygen atoms in total. The summed E-state index contributed by atoms with van der Waals surface area (Å²) >= 11 is 4.44. The van der Waals surface area contributed by atoms with Gasteiger partial charge in [0, 0.05) is 11.3 Å². The Labute approximate surface area is 214 Å². The molecule has 1 aromatic heterocycles. The van der Waals surface area contributed by atoms with Crippen LogP contribution in [0.1, 0.15) is 11.1 Å². The number of rotatable bonds is 8. The van der Waals surface area contributed by atoms with Gasteiger partial charge in [-0.25, -0.2) is 5.43 Å². The van der Waals surface area contributed by atoms with Crippen LogP contribution in [0.5, 0.6) is 5.75 Å². The van der Waals surface area contributed by atoms with Crippen LogP contribution in [0.3, 0.4) is 0 Å². The standard InChI is InChI=1S/C26H20N4O2S3/c31-23-13-12-18-7-2-4-11-21(18)22(23)14-27-28-24(32)16-34-26-30-29-25(35-26)33-15-19-9-5-8-17-6-1-3-10-20(17)19/h1-14,31H,15-16H2,(H,28,32)/b27-14-. The first kappa shape index (κ1) is 23.3. The lowest BCUT2D eigenvalue weighted by molar-refractivity contribution is -0.118. The second kappa shape index (κ2) is 10.9. The fraction of sp³-hybridized carbons (Fsp3) is 0.0769. The van der Waals surface area contributed by atoms with Gasteiger partial charge in [0.25, 0.3) is 5.91 Å². The van der Waals surface area contributed by atoms with Crippen LogP contribution < -0.4 is 5.43 Å². The van der Waals surface area contributed by atoms with E-state index in [1.165, 1.54) is 45.6 Å². The van der Waals surface area contributed by atoms with Gasteiger partial charge in [-0.1, -0.05) is 108 Å². The molecular formula is C26H20N4O2S3. The Morgan fingerprint density at radius 3 is 2.40 bits per heavy atom. The van der Waals surface area contributed by atoms with Gasteiger partial charge in [-0.3, -0.25) is 4.79 Å². The summed E-state index contributed by atoms with van der Waals surface area (Å²) in [5, 5.41) is 27.0. The van der Waals surface area contributed by atoms with Crippen LogP contribution in [0.4, 0.5) is 0 Å². The van der Waals surface area contributed by atoms with Gasteiger partial charge in [-0.15, -0.1) is 10.2 Å². The van der Waals surface area contributed by atoms with Crippen molar-refractivity contribution in [1.82, 2.24) is 15.6 Å². The Bertz CT molecular complexity index is 1530. The summed E-state index contributed by atoms with van der Waals surface area (Å²) in [7, 11) is 0. The van der Waals surface area contributed by atoms with Gasteiger partial charge >= 0.3 is 0 Å². The zero-order valence-electron chi connectivity index (χ0n) is 18.4. The number of phenols is 1. The lowest BCUT2D eigenvalue weighted by Gasteiger charge is -2.04. The van der Waals surface area contributed by atoms with Gasteiger partial charge in [0.05, 0.1) is 12.0 Å². The molecule has 174 valence electrons. The number of aromatic nitrogens is 2. The Balaban J connectivity index is 1.14. The molecule has 1 heterocycles. The van der Waals surface area contributed by atoms with E-state index in [9.17, 15) is 9.90 Å². The Morgan fingerprint density at radius 2 is 1.57 bits per heavy atom. The van der Waals surface area contributed by atoms with Gasteiger partial charge in [0.1, 0.15) is 5.75 Å². The van der Waals surface area contributed by atoms with E-state index in [4.69, 9.17) is 0 Å². The van der Waals surface area contributed by atoms with Gasteiger partial charge in [0.15, 0.2) is 8.68 Å². The number of amides is 1. The molecule has 0 fully saturated rings. The Hall–Kier alpha value is -3.40. The summed E-state index contributed by atoms with van der Waals surface area (Å²) in [6, 6.07) is 25.8. The first-order valence-electron chi connectivity index (χ1n) is 10.8. The molecule has 4 aromatic carbocycles. The molecule has 0 aliphatic carbocycles. The molecule has 5 rings (SSSR count). The third kappa shape index (κ3) is 5.64. The van der Waals surface area contributed by atoms with E-state index in [0.29, 0.717) is 5.56 Å². The van der Waals surface area contributed by atoms with Crippen LogP contribution >= 0.6 is 34.9 Å². The molecule has 0 bridgehead atoms. The van der Waals surface area contributed by atoms with Crippen molar-refractivity contribution in [3.05, 3.63) is 90.0 Å². The van der Waals surface area contributed by atoms with Crippen molar-refractivity contribution in [1.29, 1.82) is 0 Å². The number of carbonyl (C=O) groups excluding carboxylic acids is 1. The number of nitrogens with one attached hydrogen (secondary N) is 1. The molecule has 0 saturated heterocycles. The van der Waals surface area contributed by atoms with Gasteiger partial charge in [0.2, 0.25) is 0 Å². The summed E-state index contributed by atoms with van der Waals surface area (Å²) < 4.78 is 1.60. The molecule has 9 heteroatoms. The van der Waals surface area contributed by atoms with E-state index in [1.807, 2.05) is 36.4 Å². The van der Waals surface area contributed by atoms with E-state index >= 15 is 0 Å². The van der Waals surface area contributed by atoms with Crippen LogP contribution in [0.2, 0.25) is 0 Å². The summed E-state index contributed by atoms with van der Waals surface area (Å²) in [6.45, 7) is 0. The summed E-state index contributed by atoms with van der Waals surface area (Å²) in [6.07, 6.45) is 1.47. The van der Waals surface area contributed by atoms with Crippen LogP contribution in [0, 0.1) is 0 Å². The van der Waals surface area contributed by atoms with Crippen molar-refractivity contribution in [2.24, 2.45) is 5.10 Å². The zero-order chi connectivity index (χ0) is 24.0. The largest absolute Gasteiger partial charge is 0.507 e. The third-order valence-electron chi connectivity index (χ3n) is 5.28. The molecule has 35 heavy (non-hydrogen) atoms. The number of carbonyl (C=O) groups is 1. The van der Waals surface area contributed by atoms with E-state index in [0.717, 1.165) is 25.2 Å². The monoisotopic (exact) mass is 516 g/mol. The van der Waals surface area contributed by atoms with E-state index in [-0.39, 0.29) is 17.4 Å². The van der Waals surface area contributed by atoms with Crippen molar-refractivity contribution in [3.63, 3.8) is 0 Å². The number of aromatic hydroxyl groups is 1. The van der Waals surface area contributed by atoms with Crippen molar-refractivity contribution in [3.8, 4) is 5.75 Å². The number of nitrogens with zero attached hydrogens (tertiary/aromatic N) is 3. The van der Waals surface area contributed by atoms with Gasteiger partial charge in [-0.05, 0) is 33.2 Å². The van der Waals surface area contributed by atoms with E-state index in [1.54, 1.807) is 17.8 Å². The minimum absolute atomic E-state index is 0.110. The Morgan fingerprint density at radius 1 is 0.886 bits per heavy atom.